The molecule has 0 bridgehead atoms. The van der Waals surface area contributed by atoms with Crippen molar-refractivity contribution in [3.05, 3.63) is 23.3 Å². The van der Waals surface area contributed by atoms with Crippen LogP contribution in [0.15, 0.2) is 18.3 Å². The van der Waals surface area contributed by atoms with Gasteiger partial charge in [0.2, 0.25) is 10.1 Å². The number of nitrogens with one attached hydrogen (secondary N) is 2. The van der Waals surface area contributed by atoms with E-state index in [0.717, 1.165) is 13.0 Å². The first-order chi connectivity index (χ1) is 8.79. The van der Waals surface area contributed by atoms with Crippen LogP contribution < -0.4 is 10.6 Å². The molecule has 0 aliphatic carbocycles. The van der Waals surface area contributed by atoms with Crippen LogP contribution in [0.2, 0.25) is 0 Å². The van der Waals surface area contributed by atoms with Gasteiger partial charge in [0.15, 0.2) is 5.82 Å². The van der Waals surface area contributed by atoms with Gasteiger partial charge in [0.1, 0.15) is 0 Å². The molecular weight excluding hydrogens is 252 g/mol. The number of aromatic nitrogens is 4. The Morgan fingerprint density at radius 2 is 2.28 bits per heavy atom. The summed E-state index contributed by atoms with van der Waals surface area (Å²) in [6, 6.07) is 3.35. The number of nitrogens with zero attached hydrogens (tertiary/aromatic N) is 4. The Labute approximate surface area is 108 Å². The third-order valence-corrected chi connectivity index (χ3v) is 2.84. The fraction of sp³-hybridized carbons (Fsp3) is 0.300. The van der Waals surface area contributed by atoms with Crippen molar-refractivity contribution in [2.75, 3.05) is 17.2 Å². The van der Waals surface area contributed by atoms with Gasteiger partial charge in [-0.05, 0) is 18.6 Å². The molecule has 2 heterocycles. The fourth-order valence-electron chi connectivity index (χ4n) is 1.16. The van der Waals surface area contributed by atoms with E-state index in [9.17, 15) is 4.79 Å². The molecule has 0 spiro atoms. The van der Waals surface area contributed by atoms with Crippen molar-refractivity contribution in [1.82, 2.24) is 20.4 Å². The predicted molar refractivity (Wildman–Crippen MR) is 68.7 cm³/mol. The van der Waals surface area contributed by atoms with Crippen molar-refractivity contribution >= 4 is 28.2 Å². The zero-order valence-electron chi connectivity index (χ0n) is 9.75. The topological polar surface area (TPSA) is 92.7 Å². The Morgan fingerprint density at radius 3 is 3.00 bits per heavy atom. The van der Waals surface area contributed by atoms with E-state index in [2.05, 4.69) is 38.0 Å². The number of hydrogen-bond donors (Lipinski definition) is 2. The average Bonchev–Trinajstić information content (AvgIpc) is 2.86. The molecule has 0 saturated carbocycles. The van der Waals surface area contributed by atoms with Crippen LogP contribution in [0.25, 0.3) is 0 Å². The maximum Gasteiger partial charge on any atom is 0.287 e. The highest BCUT2D eigenvalue weighted by atomic mass is 32.1. The lowest BCUT2D eigenvalue weighted by Crippen LogP contribution is -2.12. The third kappa shape index (κ3) is 3.20. The van der Waals surface area contributed by atoms with Gasteiger partial charge in [0.25, 0.3) is 5.91 Å². The second-order valence-electron chi connectivity index (χ2n) is 3.40. The molecule has 1 amide bonds. The van der Waals surface area contributed by atoms with Crippen molar-refractivity contribution in [2.45, 2.75) is 13.3 Å². The predicted octanol–water partition coefficient (Wildman–Crippen LogP) is 1.40. The lowest BCUT2D eigenvalue weighted by atomic mass is 10.5. The highest BCUT2D eigenvalue weighted by molar-refractivity contribution is 7.17. The summed E-state index contributed by atoms with van der Waals surface area (Å²) in [5, 5.41) is 21.7. The van der Waals surface area contributed by atoms with E-state index < -0.39 is 0 Å². The maximum atomic E-state index is 11.8. The minimum Gasteiger partial charge on any atom is -0.360 e. The summed E-state index contributed by atoms with van der Waals surface area (Å²) in [7, 11) is 0. The first-order valence-electron chi connectivity index (χ1n) is 5.46. The van der Waals surface area contributed by atoms with Gasteiger partial charge >= 0.3 is 0 Å². The molecule has 2 N–H and O–H groups in total. The molecule has 94 valence electrons. The number of anilines is 2. The molecule has 0 atom stereocenters. The Morgan fingerprint density at radius 1 is 1.39 bits per heavy atom. The van der Waals surface area contributed by atoms with Crippen LogP contribution in [-0.2, 0) is 0 Å². The highest BCUT2D eigenvalue weighted by Crippen LogP contribution is 2.16. The van der Waals surface area contributed by atoms with Crippen molar-refractivity contribution < 1.29 is 4.79 Å². The molecule has 7 nitrogen and oxygen atoms in total. The zero-order valence-corrected chi connectivity index (χ0v) is 10.6. The molecule has 0 unspecified atom stereocenters. The van der Waals surface area contributed by atoms with Crippen molar-refractivity contribution in [3.8, 4) is 0 Å². The second kappa shape index (κ2) is 6.01. The van der Waals surface area contributed by atoms with E-state index in [4.69, 9.17) is 0 Å². The molecule has 0 saturated heterocycles. The molecule has 0 fully saturated rings. The van der Waals surface area contributed by atoms with E-state index in [0.29, 0.717) is 16.0 Å². The van der Waals surface area contributed by atoms with Gasteiger partial charge in [-0.3, -0.25) is 4.79 Å². The Kier molecular flexibility index (Phi) is 4.13. The van der Waals surface area contributed by atoms with E-state index in [1.54, 1.807) is 12.1 Å². The zero-order chi connectivity index (χ0) is 12.8. The van der Waals surface area contributed by atoms with Gasteiger partial charge in [-0.25, -0.2) is 0 Å². The summed E-state index contributed by atoms with van der Waals surface area (Å²) >= 11 is 1.21. The largest absolute Gasteiger partial charge is 0.360 e. The van der Waals surface area contributed by atoms with E-state index >= 15 is 0 Å². The number of carbonyl (C=O) groups excluding carboxylic acids is 1. The minimum absolute atomic E-state index is 0.291. The van der Waals surface area contributed by atoms with Gasteiger partial charge < -0.3 is 10.6 Å². The molecule has 18 heavy (non-hydrogen) atoms. The van der Waals surface area contributed by atoms with Crippen LogP contribution in [0, 0.1) is 0 Å². The van der Waals surface area contributed by atoms with Gasteiger partial charge in [-0.1, -0.05) is 18.3 Å². The summed E-state index contributed by atoms with van der Waals surface area (Å²) in [6.45, 7) is 2.86. The van der Waals surface area contributed by atoms with Gasteiger partial charge in [-0.2, -0.15) is 5.10 Å². The molecule has 0 radical (unpaired) electrons. The molecule has 2 aromatic rings. The summed E-state index contributed by atoms with van der Waals surface area (Å²) in [4.78, 5) is 11.8. The molecular formula is C10H12N6OS. The van der Waals surface area contributed by atoms with E-state index in [1.807, 2.05) is 0 Å². The number of hydrogen-bond acceptors (Lipinski definition) is 7. The minimum atomic E-state index is -0.336. The smallest absolute Gasteiger partial charge is 0.287 e. The molecule has 2 rings (SSSR count). The van der Waals surface area contributed by atoms with Crippen LogP contribution in [0.3, 0.4) is 0 Å². The van der Waals surface area contributed by atoms with Crippen LogP contribution >= 0.6 is 11.3 Å². The molecule has 8 heteroatoms. The van der Waals surface area contributed by atoms with Gasteiger partial charge in [-0.15, -0.1) is 15.3 Å². The number of rotatable bonds is 5. The SMILES string of the molecule is CCCNc1nnc(C(=O)Nc2cccnn2)s1. The normalized spacial score (nSPS) is 10.1. The highest BCUT2D eigenvalue weighted by Gasteiger charge is 2.13. The summed E-state index contributed by atoms with van der Waals surface area (Å²) < 4.78 is 0. The number of carbonyl (C=O) groups is 1. The second-order valence-corrected chi connectivity index (χ2v) is 4.38. The molecule has 0 aliphatic rings. The van der Waals surface area contributed by atoms with Crippen LogP contribution in [0.4, 0.5) is 10.9 Å². The molecule has 2 aromatic heterocycles. The lowest BCUT2D eigenvalue weighted by Gasteiger charge is -1.98. The number of amides is 1. The van der Waals surface area contributed by atoms with Crippen molar-refractivity contribution in [1.29, 1.82) is 0 Å². The quantitative estimate of drug-likeness (QED) is 0.848. The first kappa shape index (κ1) is 12.4. The molecule has 0 aromatic carbocycles. The maximum absolute atomic E-state index is 11.8. The first-order valence-corrected chi connectivity index (χ1v) is 6.27. The van der Waals surface area contributed by atoms with Crippen LogP contribution in [-0.4, -0.2) is 32.8 Å². The summed E-state index contributed by atoms with van der Waals surface area (Å²) in [5.41, 5.74) is 0. The van der Waals surface area contributed by atoms with E-state index in [1.165, 1.54) is 17.5 Å². The van der Waals surface area contributed by atoms with Gasteiger partial charge in [0, 0.05) is 12.7 Å². The van der Waals surface area contributed by atoms with E-state index in [-0.39, 0.29) is 5.91 Å². The monoisotopic (exact) mass is 264 g/mol. The van der Waals surface area contributed by atoms with Crippen molar-refractivity contribution in [3.63, 3.8) is 0 Å². The summed E-state index contributed by atoms with van der Waals surface area (Å²) in [5.74, 6) is 0.0540. The lowest BCUT2D eigenvalue weighted by molar-refractivity contribution is 0.102. The Balaban J connectivity index is 1.99. The van der Waals surface area contributed by atoms with Crippen molar-refractivity contribution in [2.24, 2.45) is 0 Å². The molecule has 0 aliphatic heterocycles. The standard InChI is InChI=1S/C10H12N6OS/c1-2-5-11-10-16-15-9(18-10)8(17)13-7-4-3-6-12-14-7/h3-4,6H,2,5H2,1H3,(H,11,16)(H,13,14,17). The summed E-state index contributed by atoms with van der Waals surface area (Å²) in [6.07, 6.45) is 2.52. The third-order valence-electron chi connectivity index (χ3n) is 1.96. The Bertz CT molecular complexity index is 514. The van der Waals surface area contributed by atoms with Gasteiger partial charge in [0.05, 0.1) is 0 Å². The Hall–Kier alpha value is -2.09. The average molecular weight is 264 g/mol. The van der Waals surface area contributed by atoms with Crippen LogP contribution in [0.1, 0.15) is 23.1 Å². The van der Waals surface area contributed by atoms with Crippen LogP contribution in [0.5, 0.6) is 0 Å². The fourth-order valence-corrected chi connectivity index (χ4v) is 1.82.